The Balaban J connectivity index is 3.09. The minimum absolute atomic E-state index is 0.247. The summed E-state index contributed by atoms with van der Waals surface area (Å²) in [5.41, 5.74) is 6.06. The fourth-order valence-electron chi connectivity index (χ4n) is 0.871. The Bertz CT molecular complexity index is 260. The molecule has 0 amide bonds. The van der Waals surface area contributed by atoms with Crippen LogP contribution in [0.5, 0.6) is 0 Å². The van der Waals surface area contributed by atoms with E-state index in [1.165, 1.54) is 6.07 Å². The van der Waals surface area contributed by atoms with E-state index in [1.54, 1.807) is 19.1 Å². The second-order valence-corrected chi connectivity index (χ2v) is 3.37. The molecule has 1 atom stereocenters. The topological polar surface area (TPSA) is 26.0 Å². The average molecular weight is 218 g/mol. The summed E-state index contributed by atoms with van der Waals surface area (Å²) in [6, 6.07) is 4.63. The van der Waals surface area contributed by atoms with Gasteiger partial charge in [0.25, 0.3) is 0 Å². The van der Waals surface area contributed by atoms with Crippen LogP contribution in [0.25, 0.3) is 0 Å². The minimum Gasteiger partial charge on any atom is -0.324 e. The normalized spacial score (nSPS) is 13.1. The van der Waals surface area contributed by atoms with Gasteiger partial charge in [-0.1, -0.05) is 22.0 Å². The van der Waals surface area contributed by atoms with Gasteiger partial charge in [0.15, 0.2) is 0 Å². The van der Waals surface area contributed by atoms with Crippen molar-refractivity contribution in [2.45, 2.75) is 13.0 Å². The molecular formula is C8H9BrFN. The predicted octanol–water partition coefficient (Wildman–Crippen LogP) is 2.61. The molecule has 0 radical (unpaired) electrons. The maximum Gasteiger partial charge on any atom is 0.129 e. The highest BCUT2D eigenvalue weighted by Gasteiger charge is 2.05. The summed E-state index contributed by atoms with van der Waals surface area (Å²) in [5, 5.41) is 0. The Hall–Kier alpha value is -0.410. The van der Waals surface area contributed by atoms with E-state index in [-0.39, 0.29) is 11.9 Å². The summed E-state index contributed by atoms with van der Waals surface area (Å²) in [7, 11) is 0. The van der Waals surface area contributed by atoms with Crippen molar-refractivity contribution < 1.29 is 4.39 Å². The van der Waals surface area contributed by atoms with Crippen LogP contribution in [0.4, 0.5) is 4.39 Å². The summed E-state index contributed by atoms with van der Waals surface area (Å²) in [5.74, 6) is -0.255. The Morgan fingerprint density at radius 1 is 1.55 bits per heavy atom. The summed E-state index contributed by atoms with van der Waals surface area (Å²) in [4.78, 5) is 0. The molecule has 11 heavy (non-hydrogen) atoms. The molecule has 0 saturated carbocycles. The van der Waals surface area contributed by atoms with Crippen LogP contribution in [-0.2, 0) is 0 Å². The molecule has 0 aliphatic heterocycles. The van der Waals surface area contributed by atoms with Crippen molar-refractivity contribution in [1.82, 2.24) is 0 Å². The maximum atomic E-state index is 13.0. The SMILES string of the molecule is C[C@@H](N)c1ccc(Br)cc1F. The van der Waals surface area contributed by atoms with E-state index in [9.17, 15) is 4.39 Å². The van der Waals surface area contributed by atoms with Gasteiger partial charge in [0.05, 0.1) is 0 Å². The standard InChI is InChI=1S/C8H9BrFN/c1-5(11)7-3-2-6(9)4-8(7)10/h2-5H,11H2,1H3/t5-/m1/s1. The molecule has 0 bridgehead atoms. The smallest absolute Gasteiger partial charge is 0.129 e. The van der Waals surface area contributed by atoms with E-state index in [0.717, 1.165) is 4.47 Å². The molecule has 0 aliphatic carbocycles. The zero-order valence-electron chi connectivity index (χ0n) is 6.14. The fraction of sp³-hybridized carbons (Fsp3) is 0.250. The molecule has 0 spiro atoms. The fourth-order valence-corrected chi connectivity index (χ4v) is 1.20. The van der Waals surface area contributed by atoms with Gasteiger partial charge in [-0.25, -0.2) is 4.39 Å². The van der Waals surface area contributed by atoms with Gasteiger partial charge in [0, 0.05) is 16.1 Å². The number of hydrogen-bond acceptors (Lipinski definition) is 1. The highest BCUT2D eigenvalue weighted by atomic mass is 79.9. The van der Waals surface area contributed by atoms with Gasteiger partial charge in [-0.05, 0) is 19.1 Å². The zero-order valence-corrected chi connectivity index (χ0v) is 7.73. The van der Waals surface area contributed by atoms with Gasteiger partial charge in [-0.2, -0.15) is 0 Å². The lowest BCUT2D eigenvalue weighted by Crippen LogP contribution is -2.06. The first-order valence-corrected chi connectivity index (χ1v) is 4.11. The summed E-state index contributed by atoms with van der Waals surface area (Å²) in [6.45, 7) is 1.76. The molecule has 3 heteroatoms. The van der Waals surface area contributed by atoms with Crippen LogP contribution in [0.1, 0.15) is 18.5 Å². The third-order valence-electron chi connectivity index (χ3n) is 1.45. The van der Waals surface area contributed by atoms with Crippen LogP contribution in [0.2, 0.25) is 0 Å². The third kappa shape index (κ3) is 2.01. The Kier molecular flexibility index (Phi) is 2.62. The molecule has 0 aliphatic rings. The Labute approximate surface area is 73.5 Å². The molecule has 0 fully saturated rings. The van der Waals surface area contributed by atoms with Crippen LogP contribution < -0.4 is 5.73 Å². The molecule has 2 N–H and O–H groups in total. The van der Waals surface area contributed by atoms with Crippen molar-refractivity contribution in [3.05, 3.63) is 34.1 Å². The quantitative estimate of drug-likeness (QED) is 0.770. The van der Waals surface area contributed by atoms with Gasteiger partial charge in [0.2, 0.25) is 0 Å². The monoisotopic (exact) mass is 217 g/mol. The molecule has 0 heterocycles. The van der Waals surface area contributed by atoms with Crippen molar-refractivity contribution >= 4 is 15.9 Å². The third-order valence-corrected chi connectivity index (χ3v) is 1.95. The number of halogens is 2. The highest BCUT2D eigenvalue weighted by molar-refractivity contribution is 9.10. The number of nitrogens with two attached hydrogens (primary N) is 1. The van der Waals surface area contributed by atoms with Gasteiger partial charge >= 0.3 is 0 Å². The minimum atomic E-state index is -0.255. The van der Waals surface area contributed by atoms with Gasteiger partial charge in [-0.3, -0.25) is 0 Å². The average Bonchev–Trinajstić information content (AvgIpc) is 1.85. The number of rotatable bonds is 1. The van der Waals surface area contributed by atoms with Crippen molar-refractivity contribution in [2.24, 2.45) is 5.73 Å². The van der Waals surface area contributed by atoms with Gasteiger partial charge < -0.3 is 5.73 Å². The van der Waals surface area contributed by atoms with E-state index in [4.69, 9.17) is 5.73 Å². The van der Waals surface area contributed by atoms with Crippen LogP contribution >= 0.6 is 15.9 Å². The molecule has 1 aromatic rings. The Morgan fingerprint density at radius 3 is 2.64 bits per heavy atom. The molecular weight excluding hydrogens is 209 g/mol. The van der Waals surface area contributed by atoms with Crippen LogP contribution in [0.3, 0.4) is 0 Å². The van der Waals surface area contributed by atoms with Crippen molar-refractivity contribution in [2.75, 3.05) is 0 Å². The molecule has 1 nitrogen and oxygen atoms in total. The molecule has 60 valence electrons. The lowest BCUT2D eigenvalue weighted by molar-refractivity contribution is 0.593. The van der Waals surface area contributed by atoms with E-state index >= 15 is 0 Å². The van der Waals surface area contributed by atoms with Crippen molar-refractivity contribution in [1.29, 1.82) is 0 Å². The number of hydrogen-bond donors (Lipinski definition) is 1. The van der Waals surface area contributed by atoms with Crippen LogP contribution in [-0.4, -0.2) is 0 Å². The van der Waals surface area contributed by atoms with E-state index in [2.05, 4.69) is 15.9 Å². The van der Waals surface area contributed by atoms with Crippen LogP contribution in [0.15, 0.2) is 22.7 Å². The predicted molar refractivity (Wildman–Crippen MR) is 46.7 cm³/mol. The molecule has 0 aromatic heterocycles. The zero-order chi connectivity index (χ0) is 8.43. The lowest BCUT2D eigenvalue weighted by atomic mass is 10.1. The largest absolute Gasteiger partial charge is 0.324 e. The molecule has 1 rings (SSSR count). The summed E-state index contributed by atoms with van der Waals surface area (Å²) in [6.07, 6.45) is 0. The Morgan fingerprint density at radius 2 is 2.18 bits per heavy atom. The summed E-state index contributed by atoms with van der Waals surface area (Å²) < 4.78 is 13.7. The van der Waals surface area contributed by atoms with E-state index in [1.807, 2.05) is 0 Å². The first-order valence-electron chi connectivity index (χ1n) is 3.32. The molecule has 0 saturated heterocycles. The van der Waals surface area contributed by atoms with Gasteiger partial charge in [-0.15, -0.1) is 0 Å². The van der Waals surface area contributed by atoms with Crippen molar-refractivity contribution in [3.8, 4) is 0 Å². The maximum absolute atomic E-state index is 13.0. The lowest BCUT2D eigenvalue weighted by Gasteiger charge is -2.06. The number of benzene rings is 1. The van der Waals surface area contributed by atoms with E-state index < -0.39 is 0 Å². The first kappa shape index (κ1) is 8.68. The van der Waals surface area contributed by atoms with E-state index in [0.29, 0.717) is 5.56 Å². The summed E-state index contributed by atoms with van der Waals surface area (Å²) >= 11 is 3.16. The highest BCUT2D eigenvalue weighted by Crippen LogP contribution is 2.18. The van der Waals surface area contributed by atoms with Crippen molar-refractivity contribution in [3.63, 3.8) is 0 Å². The first-order chi connectivity index (χ1) is 5.11. The van der Waals surface area contributed by atoms with Crippen LogP contribution in [0, 0.1) is 5.82 Å². The van der Waals surface area contributed by atoms with Gasteiger partial charge in [0.1, 0.15) is 5.82 Å². The molecule has 0 unspecified atom stereocenters. The molecule has 1 aromatic carbocycles. The second kappa shape index (κ2) is 3.32. The second-order valence-electron chi connectivity index (χ2n) is 2.45.